The van der Waals surface area contributed by atoms with Crippen LogP contribution in [-0.4, -0.2) is 0 Å². The molecular formula is C12H19ClFN. The zero-order valence-corrected chi connectivity index (χ0v) is 10.3. The number of benzene rings is 1. The van der Waals surface area contributed by atoms with Gasteiger partial charge < -0.3 is 5.73 Å². The van der Waals surface area contributed by atoms with Gasteiger partial charge in [0.2, 0.25) is 0 Å². The van der Waals surface area contributed by atoms with Gasteiger partial charge >= 0.3 is 0 Å². The molecule has 2 N–H and O–H groups in total. The maximum absolute atomic E-state index is 13.4. The molecule has 3 heteroatoms. The van der Waals surface area contributed by atoms with Gasteiger partial charge in [0.1, 0.15) is 5.82 Å². The molecule has 0 spiro atoms. The second-order valence-electron chi connectivity index (χ2n) is 4.26. The summed E-state index contributed by atoms with van der Waals surface area (Å²) in [6.45, 7) is 6.13. The molecule has 0 fully saturated rings. The van der Waals surface area contributed by atoms with Crippen molar-refractivity contribution in [2.24, 2.45) is 11.7 Å². The van der Waals surface area contributed by atoms with Gasteiger partial charge in [0.15, 0.2) is 0 Å². The summed E-state index contributed by atoms with van der Waals surface area (Å²) in [5.41, 5.74) is 7.62. The Morgan fingerprint density at radius 1 is 1.33 bits per heavy atom. The summed E-state index contributed by atoms with van der Waals surface area (Å²) < 4.78 is 13.4. The second-order valence-corrected chi connectivity index (χ2v) is 4.26. The lowest BCUT2D eigenvalue weighted by Gasteiger charge is -2.15. The van der Waals surface area contributed by atoms with Crippen LogP contribution in [0.25, 0.3) is 0 Å². The van der Waals surface area contributed by atoms with Crippen LogP contribution in [0.5, 0.6) is 0 Å². The first-order valence-electron chi connectivity index (χ1n) is 5.02. The molecule has 0 saturated carbocycles. The Morgan fingerprint density at radius 2 is 1.93 bits per heavy atom. The molecule has 0 aliphatic carbocycles. The largest absolute Gasteiger partial charge is 0.324 e. The van der Waals surface area contributed by atoms with Crippen LogP contribution in [0.15, 0.2) is 18.2 Å². The van der Waals surface area contributed by atoms with Crippen LogP contribution < -0.4 is 5.73 Å². The molecule has 1 aromatic carbocycles. The van der Waals surface area contributed by atoms with Crippen LogP contribution in [0, 0.1) is 18.7 Å². The zero-order chi connectivity index (χ0) is 10.7. The van der Waals surface area contributed by atoms with Crippen molar-refractivity contribution in [2.75, 3.05) is 0 Å². The third kappa shape index (κ3) is 4.18. The Bertz CT molecular complexity index is 312. The van der Waals surface area contributed by atoms with Gasteiger partial charge in [-0.25, -0.2) is 4.39 Å². The molecule has 0 aromatic heterocycles. The van der Waals surface area contributed by atoms with Crippen LogP contribution in [0.4, 0.5) is 4.39 Å². The van der Waals surface area contributed by atoms with Gasteiger partial charge in [0.05, 0.1) is 0 Å². The van der Waals surface area contributed by atoms with Crippen molar-refractivity contribution < 1.29 is 4.39 Å². The quantitative estimate of drug-likeness (QED) is 0.845. The molecule has 86 valence electrons. The van der Waals surface area contributed by atoms with Crippen LogP contribution in [0.2, 0.25) is 0 Å². The average molecular weight is 232 g/mol. The fourth-order valence-electron chi connectivity index (χ4n) is 1.58. The lowest BCUT2D eigenvalue weighted by molar-refractivity contribution is 0.488. The Labute approximate surface area is 97.3 Å². The normalized spacial score (nSPS) is 12.4. The van der Waals surface area contributed by atoms with Crippen molar-refractivity contribution >= 4 is 12.4 Å². The molecule has 15 heavy (non-hydrogen) atoms. The van der Waals surface area contributed by atoms with Crippen molar-refractivity contribution in [1.29, 1.82) is 0 Å². The van der Waals surface area contributed by atoms with Gasteiger partial charge in [-0.1, -0.05) is 31.5 Å². The molecule has 0 radical (unpaired) electrons. The minimum Gasteiger partial charge on any atom is -0.324 e. The molecule has 0 aliphatic rings. The maximum atomic E-state index is 13.4. The third-order valence-electron chi connectivity index (χ3n) is 2.28. The van der Waals surface area contributed by atoms with E-state index in [9.17, 15) is 4.39 Å². The first kappa shape index (κ1) is 14.4. The predicted molar refractivity (Wildman–Crippen MR) is 64.8 cm³/mol. The molecule has 1 rings (SSSR count). The summed E-state index contributed by atoms with van der Waals surface area (Å²) in [4.78, 5) is 0. The van der Waals surface area contributed by atoms with Gasteiger partial charge in [0, 0.05) is 11.6 Å². The minimum atomic E-state index is -0.191. The van der Waals surface area contributed by atoms with Crippen molar-refractivity contribution in [3.05, 3.63) is 35.1 Å². The van der Waals surface area contributed by atoms with E-state index in [0.717, 1.165) is 12.0 Å². The zero-order valence-electron chi connectivity index (χ0n) is 9.46. The van der Waals surface area contributed by atoms with Gasteiger partial charge in [0.25, 0.3) is 0 Å². The monoisotopic (exact) mass is 231 g/mol. The van der Waals surface area contributed by atoms with Crippen molar-refractivity contribution in [3.63, 3.8) is 0 Å². The molecular weight excluding hydrogens is 213 g/mol. The maximum Gasteiger partial charge on any atom is 0.127 e. The highest BCUT2D eigenvalue weighted by Crippen LogP contribution is 2.22. The fourth-order valence-corrected chi connectivity index (χ4v) is 1.58. The predicted octanol–water partition coefficient (Wildman–Crippen LogP) is 3.60. The first-order chi connectivity index (χ1) is 6.50. The number of hydrogen-bond acceptors (Lipinski definition) is 1. The summed E-state index contributed by atoms with van der Waals surface area (Å²) in [6, 6.07) is 4.91. The molecule has 0 amide bonds. The van der Waals surface area contributed by atoms with Crippen molar-refractivity contribution in [3.8, 4) is 0 Å². The lowest BCUT2D eigenvalue weighted by atomic mass is 9.96. The summed E-state index contributed by atoms with van der Waals surface area (Å²) in [7, 11) is 0. The molecule has 1 aromatic rings. The Morgan fingerprint density at radius 3 is 2.47 bits per heavy atom. The molecule has 0 saturated heterocycles. The molecule has 1 atom stereocenters. The van der Waals surface area contributed by atoms with Gasteiger partial charge in [-0.05, 0) is 25.3 Å². The highest BCUT2D eigenvalue weighted by molar-refractivity contribution is 5.85. The topological polar surface area (TPSA) is 26.0 Å². The van der Waals surface area contributed by atoms with E-state index in [1.807, 2.05) is 13.0 Å². The van der Waals surface area contributed by atoms with Gasteiger partial charge in [-0.15, -0.1) is 12.4 Å². The Kier molecular flexibility index (Phi) is 5.84. The van der Waals surface area contributed by atoms with E-state index in [1.165, 1.54) is 6.07 Å². The molecule has 0 heterocycles. The van der Waals surface area contributed by atoms with E-state index in [4.69, 9.17) is 5.73 Å². The minimum absolute atomic E-state index is 0. The molecule has 0 aliphatic heterocycles. The van der Waals surface area contributed by atoms with Crippen LogP contribution >= 0.6 is 12.4 Å². The van der Waals surface area contributed by atoms with E-state index in [1.54, 1.807) is 6.07 Å². The highest BCUT2D eigenvalue weighted by Gasteiger charge is 2.12. The summed E-state index contributed by atoms with van der Waals surface area (Å²) in [5.74, 6) is 0.300. The average Bonchev–Trinajstić information content (AvgIpc) is 2.08. The standard InChI is InChI=1S/C12H18FN.ClH/c1-8(2)6-12(14)10-7-9(3)4-5-11(10)13;/h4-5,7-8,12H,6,14H2,1-3H3;1H/t12-;/m0./s1. The van der Waals surface area contributed by atoms with Gasteiger partial charge in [-0.2, -0.15) is 0 Å². The van der Waals surface area contributed by atoms with E-state index in [0.29, 0.717) is 11.5 Å². The number of halogens is 2. The Hall–Kier alpha value is -0.600. The molecule has 0 unspecified atom stereocenters. The van der Waals surface area contributed by atoms with Crippen LogP contribution in [-0.2, 0) is 0 Å². The van der Waals surface area contributed by atoms with Crippen LogP contribution in [0.3, 0.4) is 0 Å². The number of rotatable bonds is 3. The van der Waals surface area contributed by atoms with Crippen molar-refractivity contribution in [1.82, 2.24) is 0 Å². The van der Waals surface area contributed by atoms with Crippen molar-refractivity contribution in [2.45, 2.75) is 33.2 Å². The molecule has 1 nitrogen and oxygen atoms in total. The molecule has 0 bridgehead atoms. The van der Waals surface area contributed by atoms with Crippen LogP contribution in [0.1, 0.15) is 37.4 Å². The summed E-state index contributed by atoms with van der Waals surface area (Å²) in [6.07, 6.45) is 0.820. The smallest absolute Gasteiger partial charge is 0.127 e. The lowest BCUT2D eigenvalue weighted by Crippen LogP contribution is -2.14. The van der Waals surface area contributed by atoms with E-state index >= 15 is 0 Å². The van der Waals surface area contributed by atoms with E-state index in [-0.39, 0.29) is 24.3 Å². The second kappa shape index (κ2) is 6.09. The number of nitrogens with two attached hydrogens (primary N) is 1. The summed E-state index contributed by atoms with van der Waals surface area (Å²) >= 11 is 0. The first-order valence-corrected chi connectivity index (χ1v) is 5.02. The third-order valence-corrected chi connectivity index (χ3v) is 2.28. The summed E-state index contributed by atoms with van der Waals surface area (Å²) in [5, 5.41) is 0. The number of aryl methyl sites for hydroxylation is 1. The van der Waals surface area contributed by atoms with E-state index < -0.39 is 0 Å². The fraction of sp³-hybridized carbons (Fsp3) is 0.500. The SMILES string of the molecule is Cc1ccc(F)c([C@@H](N)CC(C)C)c1.Cl. The number of hydrogen-bond donors (Lipinski definition) is 1. The van der Waals surface area contributed by atoms with E-state index in [2.05, 4.69) is 13.8 Å². The Balaban J connectivity index is 0.00000196. The highest BCUT2D eigenvalue weighted by atomic mass is 35.5. The van der Waals surface area contributed by atoms with Gasteiger partial charge in [-0.3, -0.25) is 0 Å².